The van der Waals surface area contributed by atoms with Gasteiger partial charge in [0.15, 0.2) is 0 Å². The van der Waals surface area contributed by atoms with Crippen molar-refractivity contribution in [3.8, 4) is 5.75 Å². The van der Waals surface area contributed by atoms with Crippen LogP contribution >= 0.6 is 11.3 Å². The second-order valence-electron chi connectivity index (χ2n) is 8.95. The van der Waals surface area contributed by atoms with Crippen LogP contribution < -0.4 is 4.74 Å². The second kappa shape index (κ2) is 13.0. The highest BCUT2D eigenvalue weighted by molar-refractivity contribution is 7.10. The number of amides is 1. The Balaban J connectivity index is 1.69. The maximum Gasteiger partial charge on any atom is 0.237 e. The fraction of sp³-hybridized carbons (Fsp3) is 0.519. The molecule has 1 aromatic heterocycles. The number of aliphatic hydroxyl groups is 1. The predicted octanol–water partition coefficient (Wildman–Crippen LogP) is 4.15. The van der Waals surface area contributed by atoms with Crippen molar-refractivity contribution in [2.45, 2.75) is 45.8 Å². The van der Waals surface area contributed by atoms with Crippen molar-refractivity contribution in [2.75, 3.05) is 46.0 Å². The van der Waals surface area contributed by atoms with Crippen LogP contribution in [-0.2, 0) is 16.0 Å². The molecule has 186 valence electrons. The fourth-order valence-corrected chi connectivity index (χ4v) is 5.40. The molecule has 3 rings (SSSR count). The van der Waals surface area contributed by atoms with E-state index in [4.69, 9.17) is 9.47 Å². The lowest BCUT2D eigenvalue weighted by Gasteiger charge is -2.37. The van der Waals surface area contributed by atoms with Crippen LogP contribution in [0, 0.1) is 13.8 Å². The zero-order chi connectivity index (χ0) is 24.5. The smallest absolute Gasteiger partial charge is 0.237 e. The molecule has 0 saturated carbocycles. The van der Waals surface area contributed by atoms with Crippen LogP contribution in [-0.4, -0.2) is 72.9 Å². The fourth-order valence-electron chi connectivity index (χ4n) is 4.48. The highest BCUT2D eigenvalue weighted by Crippen LogP contribution is 2.34. The van der Waals surface area contributed by atoms with Crippen molar-refractivity contribution >= 4 is 17.2 Å². The van der Waals surface area contributed by atoms with Crippen LogP contribution in [0.1, 0.15) is 41.0 Å². The largest absolute Gasteiger partial charge is 0.491 e. The van der Waals surface area contributed by atoms with E-state index >= 15 is 0 Å². The van der Waals surface area contributed by atoms with Crippen molar-refractivity contribution in [1.29, 1.82) is 0 Å². The molecular weight excluding hydrogens is 448 g/mol. The Kier molecular flexibility index (Phi) is 10.1. The summed E-state index contributed by atoms with van der Waals surface area (Å²) in [5.41, 5.74) is 3.49. The van der Waals surface area contributed by atoms with Gasteiger partial charge < -0.3 is 19.5 Å². The molecule has 1 amide bonds. The average Bonchev–Trinajstić information content (AvgIpc) is 3.28. The molecular formula is C27H38N2O4S. The molecule has 0 unspecified atom stereocenters. The second-order valence-corrected chi connectivity index (χ2v) is 9.95. The molecule has 0 spiro atoms. The number of ether oxygens (including phenoxy) is 2. The third-order valence-electron chi connectivity index (χ3n) is 6.06. The molecule has 0 fully saturated rings. The molecule has 34 heavy (non-hydrogen) atoms. The number of rotatable bonds is 13. The maximum atomic E-state index is 13.5. The topological polar surface area (TPSA) is 62.2 Å². The summed E-state index contributed by atoms with van der Waals surface area (Å²) >= 11 is 1.75. The maximum absolute atomic E-state index is 13.5. The number of aliphatic hydroxyl groups excluding tert-OH is 1. The van der Waals surface area contributed by atoms with Gasteiger partial charge in [0.05, 0.1) is 31.9 Å². The third kappa shape index (κ3) is 7.15. The van der Waals surface area contributed by atoms with Gasteiger partial charge in [-0.2, -0.15) is 0 Å². The molecule has 2 aromatic rings. The van der Waals surface area contributed by atoms with Gasteiger partial charge in [-0.15, -0.1) is 17.9 Å². The lowest BCUT2D eigenvalue weighted by atomic mass is 10.00. The van der Waals surface area contributed by atoms with Gasteiger partial charge in [-0.05, 0) is 61.9 Å². The summed E-state index contributed by atoms with van der Waals surface area (Å²) < 4.78 is 11.6. The van der Waals surface area contributed by atoms with Crippen LogP contribution in [0.25, 0.3) is 0 Å². The Morgan fingerprint density at radius 1 is 1.38 bits per heavy atom. The molecule has 1 aliphatic rings. The van der Waals surface area contributed by atoms with Gasteiger partial charge in [-0.3, -0.25) is 9.69 Å². The lowest BCUT2D eigenvalue weighted by Crippen LogP contribution is -2.48. The van der Waals surface area contributed by atoms with E-state index in [9.17, 15) is 9.90 Å². The number of hydrogen-bond donors (Lipinski definition) is 1. The van der Waals surface area contributed by atoms with Crippen molar-refractivity contribution < 1.29 is 19.4 Å². The SMILES string of the molecule is C=CCOC[C@H](O)CN(CCC)CC(=O)N1CCc2sccc2[C@@H]1COc1ccc(C)cc1C. The van der Waals surface area contributed by atoms with Crippen molar-refractivity contribution in [2.24, 2.45) is 0 Å². The number of nitrogens with zero attached hydrogens (tertiary/aromatic N) is 2. The van der Waals surface area contributed by atoms with E-state index in [1.807, 2.05) is 15.9 Å². The Morgan fingerprint density at radius 3 is 2.94 bits per heavy atom. The van der Waals surface area contributed by atoms with Crippen LogP contribution in [0.2, 0.25) is 0 Å². The number of thiophene rings is 1. The summed E-state index contributed by atoms with van der Waals surface area (Å²) in [5.74, 6) is 0.925. The normalized spacial score (nSPS) is 16.4. The number of fused-ring (bicyclic) bond motifs is 1. The minimum absolute atomic E-state index is 0.0683. The Labute approximate surface area is 207 Å². The molecule has 2 atom stereocenters. The number of carbonyl (C=O) groups is 1. The van der Waals surface area contributed by atoms with E-state index in [2.05, 4.69) is 50.9 Å². The molecule has 6 nitrogen and oxygen atoms in total. The van der Waals surface area contributed by atoms with Gasteiger partial charge in [0.2, 0.25) is 5.91 Å². The molecule has 1 N–H and O–H groups in total. The molecule has 0 bridgehead atoms. The van der Waals surface area contributed by atoms with Gasteiger partial charge in [-0.25, -0.2) is 0 Å². The van der Waals surface area contributed by atoms with Crippen LogP contribution in [0.3, 0.4) is 0 Å². The van der Waals surface area contributed by atoms with Gasteiger partial charge >= 0.3 is 0 Å². The summed E-state index contributed by atoms with van der Waals surface area (Å²) in [7, 11) is 0. The van der Waals surface area contributed by atoms with E-state index in [1.54, 1.807) is 17.4 Å². The number of carbonyl (C=O) groups excluding carboxylic acids is 1. The zero-order valence-electron chi connectivity index (χ0n) is 20.7. The van der Waals surface area contributed by atoms with Gasteiger partial charge in [0, 0.05) is 18.0 Å². The van der Waals surface area contributed by atoms with E-state index < -0.39 is 6.10 Å². The van der Waals surface area contributed by atoms with Crippen molar-refractivity contribution in [3.63, 3.8) is 0 Å². The van der Waals surface area contributed by atoms with Crippen molar-refractivity contribution in [1.82, 2.24) is 9.80 Å². The summed E-state index contributed by atoms with van der Waals surface area (Å²) in [4.78, 5) is 18.8. The number of aryl methyl sites for hydroxylation is 2. The molecule has 0 aliphatic carbocycles. The average molecular weight is 487 g/mol. The van der Waals surface area contributed by atoms with Gasteiger partial charge in [-0.1, -0.05) is 30.7 Å². The molecule has 0 radical (unpaired) electrons. The minimum Gasteiger partial charge on any atom is -0.491 e. The van der Waals surface area contributed by atoms with Gasteiger partial charge in [0.25, 0.3) is 0 Å². The molecule has 1 aromatic carbocycles. The summed E-state index contributed by atoms with van der Waals surface area (Å²) in [6.45, 7) is 13.0. The first-order chi connectivity index (χ1) is 16.4. The zero-order valence-corrected chi connectivity index (χ0v) is 21.5. The first kappa shape index (κ1) is 26.4. The van der Waals surface area contributed by atoms with Crippen LogP contribution in [0.5, 0.6) is 5.75 Å². The predicted molar refractivity (Wildman–Crippen MR) is 138 cm³/mol. The van der Waals surface area contributed by atoms with E-state index in [0.29, 0.717) is 26.3 Å². The van der Waals surface area contributed by atoms with Gasteiger partial charge in [0.1, 0.15) is 12.4 Å². The van der Waals surface area contributed by atoms with E-state index in [0.717, 1.165) is 30.7 Å². The standard InChI is InChI=1S/C27H38N2O4S/c1-5-11-28(16-22(30)18-32-13-6-2)17-27(31)29-12-9-26-23(10-14-34-26)24(29)19-33-25-8-7-20(3)15-21(25)4/h6-8,10,14-15,22,24,30H,2,5,9,11-13,16-19H2,1,3-4H3/t22-,24+/m1/s1. The Morgan fingerprint density at radius 2 is 2.21 bits per heavy atom. The highest BCUT2D eigenvalue weighted by Gasteiger charge is 2.33. The van der Waals surface area contributed by atoms with Crippen molar-refractivity contribution in [3.05, 3.63) is 63.9 Å². The quantitative estimate of drug-likeness (QED) is 0.341. The minimum atomic E-state index is -0.646. The Hall–Kier alpha value is -2.19. The summed E-state index contributed by atoms with van der Waals surface area (Å²) in [5, 5.41) is 12.5. The van der Waals surface area contributed by atoms with E-state index in [-0.39, 0.29) is 25.1 Å². The lowest BCUT2D eigenvalue weighted by molar-refractivity contribution is -0.136. The number of benzene rings is 1. The third-order valence-corrected chi connectivity index (χ3v) is 7.05. The van der Waals surface area contributed by atoms with E-state index in [1.165, 1.54) is 16.0 Å². The monoisotopic (exact) mass is 486 g/mol. The first-order valence-corrected chi connectivity index (χ1v) is 13.0. The molecule has 7 heteroatoms. The summed E-state index contributed by atoms with van der Waals surface area (Å²) in [6, 6.07) is 8.18. The first-order valence-electron chi connectivity index (χ1n) is 12.1. The molecule has 0 saturated heterocycles. The van der Waals surface area contributed by atoms with Crippen LogP contribution in [0.15, 0.2) is 42.3 Å². The highest BCUT2D eigenvalue weighted by atomic mass is 32.1. The van der Waals surface area contributed by atoms with Crippen LogP contribution in [0.4, 0.5) is 0 Å². The molecule has 2 heterocycles. The molecule has 1 aliphatic heterocycles. The summed E-state index contributed by atoms with van der Waals surface area (Å²) in [6.07, 6.45) is 2.79. The Bertz CT molecular complexity index is 944. The number of hydrogen-bond acceptors (Lipinski definition) is 6.